The van der Waals surface area contributed by atoms with Crippen LogP contribution >= 0.6 is 0 Å². The summed E-state index contributed by atoms with van der Waals surface area (Å²) in [5.41, 5.74) is 9.01. The number of hydrogen-bond acceptors (Lipinski definition) is 4. The fraction of sp³-hybridized carbons (Fsp3) is 0.389. The lowest BCUT2D eigenvalue weighted by atomic mass is 10.0. The molecule has 0 radical (unpaired) electrons. The molecule has 26 heavy (non-hydrogen) atoms. The monoisotopic (exact) mass is 380 g/mol. The Morgan fingerprint density at radius 2 is 1.88 bits per heavy atom. The van der Waals surface area contributed by atoms with Crippen LogP contribution in [-0.4, -0.2) is 43.1 Å². The van der Waals surface area contributed by atoms with Gasteiger partial charge in [0.1, 0.15) is 5.83 Å². The summed E-state index contributed by atoms with van der Waals surface area (Å²) in [5, 5.41) is 4.40. The largest absolute Gasteiger partial charge is 0.327 e. The van der Waals surface area contributed by atoms with Crippen molar-refractivity contribution in [3.8, 4) is 0 Å². The molecule has 0 unspecified atom stereocenters. The molecule has 0 saturated heterocycles. The molecule has 0 saturated carbocycles. The first kappa shape index (κ1) is 20.3. The molecule has 0 aliphatic heterocycles. The fourth-order valence-corrected chi connectivity index (χ4v) is 3.58. The molecular formula is C18H25FN4O2S. The summed E-state index contributed by atoms with van der Waals surface area (Å²) in [4.78, 5) is 0.254. The van der Waals surface area contributed by atoms with Crippen LogP contribution in [0.15, 0.2) is 41.1 Å². The van der Waals surface area contributed by atoms with Gasteiger partial charge in [0.2, 0.25) is 10.0 Å². The molecule has 0 aliphatic rings. The summed E-state index contributed by atoms with van der Waals surface area (Å²) in [6.45, 7) is 3.99. The summed E-state index contributed by atoms with van der Waals surface area (Å²) < 4.78 is 40.8. The molecule has 0 bridgehead atoms. The van der Waals surface area contributed by atoms with Gasteiger partial charge in [0.25, 0.3) is 0 Å². The molecule has 1 aromatic carbocycles. The maximum atomic E-state index is 13.7. The Labute approximate surface area is 154 Å². The summed E-state index contributed by atoms with van der Waals surface area (Å²) in [5.74, 6) is -0.317. The van der Waals surface area contributed by atoms with E-state index in [9.17, 15) is 12.8 Å². The molecule has 142 valence electrons. The Hall–Kier alpha value is -2.03. The van der Waals surface area contributed by atoms with Gasteiger partial charge in [-0.2, -0.15) is 5.10 Å². The van der Waals surface area contributed by atoms with Crippen LogP contribution in [0.2, 0.25) is 0 Å². The van der Waals surface area contributed by atoms with Gasteiger partial charge in [-0.25, -0.2) is 17.1 Å². The minimum Gasteiger partial charge on any atom is -0.327 e. The predicted molar refractivity (Wildman–Crippen MR) is 100 cm³/mol. The zero-order valence-electron chi connectivity index (χ0n) is 15.5. The molecule has 0 spiro atoms. The molecule has 2 N–H and O–H groups in total. The normalized spacial score (nSPS) is 12.8. The van der Waals surface area contributed by atoms with Crippen molar-refractivity contribution in [2.75, 3.05) is 20.6 Å². The smallest absolute Gasteiger partial charge is 0.242 e. The maximum absolute atomic E-state index is 13.7. The van der Waals surface area contributed by atoms with E-state index >= 15 is 0 Å². The molecule has 8 heteroatoms. The molecule has 1 aromatic heterocycles. The van der Waals surface area contributed by atoms with E-state index in [0.717, 1.165) is 22.5 Å². The lowest BCUT2D eigenvalue weighted by Crippen LogP contribution is -2.22. The molecule has 6 nitrogen and oxygen atoms in total. The highest BCUT2D eigenvalue weighted by Crippen LogP contribution is 2.21. The van der Waals surface area contributed by atoms with Crippen LogP contribution in [0.3, 0.4) is 0 Å². The second kappa shape index (κ2) is 8.11. The number of rotatable bonds is 7. The van der Waals surface area contributed by atoms with E-state index in [0.29, 0.717) is 6.42 Å². The number of hydrogen-bond donors (Lipinski definition) is 1. The predicted octanol–water partition coefficient (Wildman–Crippen LogP) is 2.15. The highest BCUT2D eigenvalue weighted by Gasteiger charge is 2.17. The van der Waals surface area contributed by atoms with Crippen LogP contribution in [0.4, 0.5) is 4.39 Å². The Balaban J connectivity index is 2.24. The third-order valence-corrected chi connectivity index (χ3v) is 6.08. The van der Waals surface area contributed by atoms with Gasteiger partial charge in [0, 0.05) is 38.3 Å². The van der Waals surface area contributed by atoms with Gasteiger partial charge in [-0.05, 0) is 37.6 Å². The number of nitrogens with two attached hydrogens (primary N) is 1. The van der Waals surface area contributed by atoms with Crippen LogP contribution in [0.5, 0.6) is 0 Å². The highest BCUT2D eigenvalue weighted by molar-refractivity contribution is 7.89. The number of benzene rings is 1. The van der Waals surface area contributed by atoms with Gasteiger partial charge in [0.05, 0.1) is 17.1 Å². The molecular weight excluding hydrogens is 355 g/mol. The van der Waals surface area contributed by atoms with Gasteiger partial charge in [-0.3, -0.25) is 4.68 Å². The standard InChI is InChI=1S/C18H25FN4O2S/c1-13-18(14(2)23(21-13)12-16(19)9-10-20)11-15-5-7-17(8-6-15)26(24,25)22(3)4/h5-9H,10-12,20H2,1-4H3. The van der Waals surface area contributed by atoms with Crippen molar-refractivity contribution in [2.45, 2.75) is 31.7 Å². The number of aromatic nitrogens is 2. The van der Waals surface area contributed by atoms with E-state index in [1.54, 1.807) is 28.9 Å². The molecule has 0 atom stereocenters. The zero-order chi connectivity index (χ0) is 19.5. The number of nitrogens with zero attached hydrogens (tertiary/aromatic N) is 3. The van der Waals surface area contributed by atoms with Crippen molar-refractivity contribution in [1.82, 2.24) is 14.1 Å². The van der Waals surface area contributed by atoms with Crippen molar-refractivity contribution >= 4 is 10.0 Å². The van der Waals surface area contributed by atoms with E-state index in [1.807, 2.05) is 13.8 Å². The topological polar surface area (TPSA) is 81.2 Å². The lowest BCUT2D eigenvalue weighted by molar-refractivity contribution is 0.517. The van der Waals surface area contributed by atoms with Crippen molar-refractivity contribution in [3.63, 3.8) is 0 Å². The minimum atomic E-state index is -3.44. The Morgan fingerprint density at radius 1 is 1.27 bits per heavy atom. The Kier molecular flexibility index (Phi) is 6.33. The number of aryl methyl sites for hydroxylation is 1. The third-order valence-electron chi connectivity index (χ3n) is 4.25. The van der Waals surface area contributed by atoms with E-state index < -0.39 is 10.0 Å². The average molecular weight is 380 g/mol. The number of halogens is 1. The first-order valence-corrected chi connectivity index (χ1v) is 9.69. The van der Waals surface area contributed by atoms with Crippen molar-refractivity contribution in [2.24, 2.45) is 5.73 Å². The number of sulfonamides is 1. The molecule has 2 aromatic rings. The SMILES string of the molecule is Cc1nn(CC(F)=CCN)c(C)c1Cc1ccc(S(=O)(=O)N(C)C)cc1. The van der Waals surface area contributed by atoms with E-state index in [1.165, 1.54) is 24.5 Å². The van der Waals surface area contributed by atoms with Crippen LogP contribution in [-0.2, 0) is 23.0 Å². The maximum Gasteiger partial charge on any atom is 0.242 e. The first-order valence-electron chi connectivity index (χ1n) is 8.25. The van der Waals surface area contributed by atoms with Crippen molar-refractivity contribution in [1.29, 1.82) is 0 Å². The molecule has 0 amide bonds. The van der Waals surface area contributed by atoms with Gasteiger partial charge in [0.15, 0.2) is 0 Å². The van der Waals surface area contributed by atoms with Gasteiger partial charge < -0.3 is 5.73 Å². The van der Waals surface area contributed by atoms with Crippen LogP contribution < -0.4 is 5.73 Å². The van der Waals surface area contributed by atoms with Gasteiger partial charge in [-0.15, -0.1) is 0 Å². The van der Waals surface area contributed by atoms with Crippen LogP contribution in [0, 0.1) is 13.8 Å². The minimum absolute atomic E-state index is 0.0594. The van der Waals surface area contributed by atoms with Crippen molar-refractivity contribution < 1.29 is 12.8 Å². The highest BCUT2D eigenvalue weighted by atomic mass is 32.2. The fourth-order valence-electron chi connectivity index (χ4n) is 2.67. The lowest BCUT2D eigenvalue weighted by Gasteiger charge is -2.11. The van der Waals surface area contributed by atoms with E-state index in [2.05, 4.69) is 5.10 Å². The summed E-state index contributed by atoms with van der Waals surface area (Å²) in [6, 6.07) is 6.79. The first-order chi connectivity index (χ1) is 12.2. The van der Waals surface area contributed by atoms with E-state index in [-0.39, 0.29) is 23.8 Å². The van der Waals surface area contributed by atoms with Crippen molar-refractivity contribution in [3.05, 3.63) is 58.7 Å². The average Bonchev–Trinajstić information content (AvgIpc) is 2.83. The Morgan fingerprint density at radius 3 is 2.42 bits per heavy atom. The third kappa shape index (κ3) is 4.38. The summed E-state index contributed by atoms with van der Waals surface area (Å²) in [6.07, 6.45) is 1.93. The van der Waals surface area contributed by atoms with Crippen LogP contribution in [0.25, 0.3) is 0 Å². The second-order valence-corrected chi connectivity index (χ2v) is 8.45. The molecule has 1 heterocycles. The summed E-state index contributed by atoms with van der Waals surface area (Å²) in [7, 11) is -0.434. The Bertz CT molecular complexity index is 900. The zero-order valence-corrected chi connectivity index (χ0v) is 16.3. The van der Waals surface area contributed by atoms with E-state index in [4.69, 9.17) is 5.73 Å². The molecule has 0 fully saturated rings. The quantitative estimate of drug-likeness (QED) is 0.798. The number of allylic oxidation sites excluding steroid dienone is 1. The molecule has 0 aliphatic carbocycles. The second-order valence-electron chi connectivity index (χ2n) is 6.30. The van der Waals surface area contributed by atoms with Gasteiger partial charge >= 0.3 is 0 Å². The summed E-state index contributed by atoms with van der Waals surface area (Å²) >= 11 is 0. The molecule has 2 rings (SSSR count). The van der Waals surface area contributed by atoms with Crippen LogP contribution in [0.1, 0.15) is 22.5 Å². The van der Waals surface area contributed by atoms with Gasteiger partial charge in [-0.1, -0.05) is 12.1 Å².